The van der Waals surface area contributed by atoms with E-state index in [1.54, 1.807) is 0 Å². The van der Waals surface area contributed by atoms with E-state index in [0.717, 1.165) is 32.6 Å². The maximum Gasteiger partial charge on any atom is 0.151 e. The molecule has 21 heavy (non-hydrogen) atoms. The molecule has 0 saturated carbocycles. The summed E-state index contributed by atoms with van der Waals surface area (Å²) in [6.45, 7) is 8.82. The molecule has 6 heteroatoms. The summed E-state index contributed by atoms with van der Waals surface area (Å²) in [6.07, 6.45) is 0.760. The van der Waals surface area contributed by atoms with Crippen molar-refractivity contribution in [3.05, 3.63) is 21.9 Å². The zero-order chi connectivity index (χ0) is 15.3. The van der Waals surface area contributed by atoms with Gasteiger partial charge in [-0.1, -0.05) is 13.8 Å². The summed E-state index contributed by atoms with van der Waals surface area (Å²) in [7, 11) is -2.81. The van der Waals surface area contributed by atoms with E-state index in [1.807, 2.05) is 11.3 Å². The first-order chi connectivity index (χ1) is 9.94. The van der Waals surface area contributed by atoms with Crippen LogP contribution in [0.3, 0.4) is 0 Å². The van der Waals surface area contributed by atoms with Gasteiger partial charge in [-0.15, -0.1) is 11.3 Å². The molecule has 1 aromatic heterocycles. The highest BCUT2D eigenvalue weighted by molar-refractivity contribution is 7.91. The molecule has 2 rings (SSSR count). The summed E-state index contributed by atoms with van der Waals surface area (Å²) in [6, 6.07) is 4.36. The lowest BCUT2D eigenvalue weighted by Gasteiger charge is -2.17. The van der Waals surface area contributed by atoms with Crippen LogP contribution in [0.15, 0.2) is 12.1 Å². The third-order valence-corrected chi connectivity index (χ3v) is 6.38. The molecule has 0 unspecified atom stereocenters. The molecule has 1 N–H and O–H groups in total. The van der Waals surface area contributed by atoms with Gasteiger partial charge in [0.2, 0.25) is 0 Å². The number of nitrogens with one attached hydrogen (secondary N) is 1. The standard InChI is InChI=1S/C15H26N2O2S2/c1-13(2)10-16-11-14-4-5-15(20-14)12-17-6-3-8-21(18,19)9-7-17/h4-5,13,16H,3,6-12H2,1-2H3. The van der Waals surface area contributed by atoms with Gasteiger partial charge in [0.1, 0.15) is 0 Å². The molecule has 1 fully saturated rings. The number of hydrogen-bond donors (Lipinski definition) is 1. The Balaban J connectivity index is 1.82. The van der Waals surface area contributed by atoms with Gasteiger partial charge in [-0.25, -0.2) is 8.42 Å². The second-order valence-electron chi connectivity index (χ2n) is 6.17. The third kappa shape index (κ3) is 6.06. The quantitative estimate of drug-likeness (QED) is 0.868. The normalized spacial score (nSPS) is 19.8. The molecule has 1 aliphatic rings. The lowest BCUT2D eigenvalue weighted by molar-refractivity contribution is 0.290. The Kier molecular flexibility index (Phi) is 6.22. The van der Waals surface area contributed by atoms with Crippen LogP contribution in [0.4, 0.5) is 0 Å². The summed E-state index contributed by atoms with van der Waals surface area (Å²) in [5.74, 6) is 1.32. The minimum atomic E-state index is -2.81. The fraction of sp³-hybridized carbons (Fsp3) is 0.733. The molecular formula is C15H26N2O2S2. The van der Waals surface area contributed by atoms with Crippen molar-refractivity contribution in [1.82, 2.24) is 10.2 Å². The third-order valence-electron chi connectivity index (χ3n) is 3.60. The fourth-order valence-electron chi connectivity index (χ4n) is 2.45. The largest absolute Gasteiger partial charge is 0.312 e. The first-order valence-corrected chi connectivity index (χ1v) is 10.3. The number of thiophene rings is 1. The van der Waals surface area contributed by atoms with E-state index >= 15 is 0 Å². The summed E-state index contributed by atoms with van der Waals surface area (Å²) in [5.41, 5.74) is 0. The molecule has 120 valence electrons. The molecule has 1 saturated heterocycles. The molecule has 0 radical (unpaired) electrons. The molecule has 1 aromatic rings. The average Bonchev–Trinajstić information content (AvgIpc) is 2.75. The van der Waals surface area contributed by atoms with Gasteiger partial charge in [0.25, 0.3) is 0 Å². The molecule has 4 nitrogen and oxygen atoms in total. The minimum Gasteiger partial charge on any atom is -0.312 e. The highest BCUT2D eigenvalue weighted by Crippen LogP contribution is 2.19. The van der Waals surface area contributed by atoms with Crippen LogP contribution in [0, 0.1) is 5.92 Å². The van der Waals surface area contributed by atoms with E-state index in [2.05, 4.69) is 36.2 Å². The van der Waals surface area contributed by atoms with Crippen LogP contribution in [0.25, 0.3) is 0 Å². The number of nitrogens with zero attached hydrogens (tertiary/aromatic N) is 1. The van der Waals surface area contributed by atoms with Crippen LogP contribution in [-0.4, -0.2) is 44.5 Å². The highest BCUT2D eigenvalue weighted by Gasteiger charge is 2.19. The number of sulfone groups is 1. The van der Waals surface area contributed by atoms with Crippen molar-refractivity contribution in [3.8, 4) is 0 Å². The van der Waals surface area contributed by atoms with Crippen molar-refractivity contribution in [2.45, 2.75) is 33.4 Å². The van der Waals surface area contributed by atoms with Crippen LogP contribution < -0.4 is 5.32 Å². The van der Waals surface area contributed by atoms with Crippen LogP contribution in [0.5, 0.6) is 0 Å². The van der Waals surface area contributed by atoms with Gasteiger partial charge >= 0.3 is 0 Å². The number of rotatable bonds is 6. The zero-order valence-electron chi connectivity index (χ0n) is 13.0. The van der Waals surface area contributed by atoms with Gasteiger partial charge in [-0.3, -0.25) is 4.90 Å². The van der Waals surface area contributed by atoms with Crippen LogP contribution in [0.2, 0.25) is 0 Å². The van der Waals surface area contributed by atoms with E-state index in [9.17, 15) is 8.42 Å². The highest BCUT2D eigenvalue weighted by atomic mass is 32.2. The molecule has 2 heterocycles. The summed E-state index contributed by atoms with van der Waals surface area (Å²) >= 11 is 1.83. The van der Waals surface area contributed by atoms with Crippen molar-refractivity contribution in [3.63, 3.8) is 0 Å². The fourth-order valence-corrected chi connectivity index (χ4v) is 4.79. The average molecular weight is 331 g/mol. The molecular weight excluding hydrogens is 304 g/mol. The van der Waals surface area contributed by atoms with Crippen molar-refractivity contribution < 1.29 is 8.42 Å². The molecule has 0 spiro atoms. The predicted molar refractivity (Wildman–Crippen MR) is 89.4 cm³/mol. The lowest BCUT2D eigenvalue weighted by atomic mass is 10.2. The molecule has 0 atom stereocenters. The maximum absolute atomic E-state index is 11.6. The second-order valence-corrected chi connectivity index (χ2v) is 9.73. The number of hydrogen-bond acceptors (Lipinski definition) is 5. The molecule has 1 aliphatic heterocycles. The topological polar surface area (TPSA) is 49.4 Å². The molecule has 0 amide bonds. The van der Waals surface area contributed by atoms with E-state index in [4.69, 9.17) is 0 Å². The smallest absolute Gasteiger partial charge is 0.151 e. The maximum atomic E-state index is 11.6. The van der Waals surface area contributed by atoms with Gasteiger partial charge in [-0.05, 0) is 37.6 Å². The summed E-state index contributed by atoms with van der Waals surface area (Å²) in [5, 5.41) is 3.46. The van der Waals surface area contributed by atoms with Gasteiger partial charge in [-0.2, -0.15) is 0 Å². The van der Waals surface area contributed by atoms with Crippen molar-refractivity contribution in [1.29, 1.82) is 0 Å². The Morgan fingerprint density at radius 2 is 2.00 bits per heavy atom. The van der Waals surface area contributed by atoms with E-state index in [0.29, 0.717) is 24.0 Å². The van der Waals surface area contributed by atoms with E-state index < -0.39 is 9.84 Å². The van der Waals surface area contributed by atoms with E-state index in [-0.39, 0.29) is 0 Å². The zero-order valence-corrected chi connectivity index (χ0v) is 14.6. The second kappa shape index (κ2) is 7.72. The van der Waals surface area contributed by atoms with Gasteiger partial charge in [0, 0.05) is 29.4 Å². The SMILES string of the molecule is CC(C)CNCc1ccc(CN2CCCS(=O)(=O)CC2)s1. The Morgan fingerprint density at radius 1 is 1.24 bits per heavy atom. The van der Waals surface area contributed by atoms with Gasteiger partial charge in [0.15, 0.2) is 9.84 Å². The molecule has 0 aromatic carbocycles. The lowest BCUT2D eigenvalue weighted by Crippen LogP contribution is -2.26. The Labute approximate surface area is 132 Å². The Morgan fingerprint density at radius 3 is 2.76 bits per heavy atom. The molecule has 0 aliphatic carbocycles. The van der Waals surface area contributed by atoms with Gasteiger partial charge in [0.05, 0.1) is 11.5 Å². The minimum absolute atomic E-state index is 0.307. The predicted octanol–water partition coefficient (Wildman–Crippen LogP) is 2.11. The summed E-state index contributed by atoms with van der Waals surface area (Å²) in [4.78, 5) is 4.95. The van der Waals surface area contributed by atoms with Crippen molar-refractivity contribution in [2.24, 2.45) is 5.92 Å². The van der Waals surface area contributed by atoms with Crippen LogP contribution >= 0.6 is 11.3 Å². The Bertz CT molecular complexity index is 538. The first kappa shape index (κ1) is 16.9. The summed E-state index contributed by atoms with van der Waals surface area (Å²) < 4.78 is 23.2. The van der Waals surface area contributed by atoms with Crippen molar-refractivity contribution >= 4 is 21.2 Å². The van der Waals surface area contributed by atoms with Crippen LogP contribution in [-0.2, 0) is 22.9 Å². The first-order valence-electron chi connectivity index (χ1n) is 7.66. The monoisotopic (exact) mass is 330 g/mol. The van der Waals surface area contributed by atoms with Crippen LogP contribution in [0.1, 0.15) is 30.0 Å². The van der Waals surface area contributed by atoms with Crippen molar-refractivity contribution in [2.75, 3.05) is 31.1 Å². The van der Waals surface area contributed by atoms with Gasteiger partial charge < -0.3 is 5.32 Å². The van der Waals surface area contributed by atoms with E-state index in [1.165, 1.54) is 9.75 Å². The molecule has 0 bridgehead atoms. The Hall–Kier alpha value is -0.430.